The van der Waals surface area contributed by atoms with Crippen molar-refractivity contribution in [2.24, 2.45) is 0 Å². The number of aryl methyl sites for hydroxylation is 2. The van der Waals surface area contributed by atoms with Gasteiger partial charge in [-0.3, -0.25) is 0 Å². The molecule has 21 heavy (non-hydrogen) atoms. The van der Waals surface area contributed by atoms with Crippen LogP contribution in [0.2, 0.25) is 0 Å². The Morgan fingerprint density at radius 2 is 1.00 bits per heavy atom. The highest BCUT2D eigenvalue weighted by molar-refractivity contribution is 5.62. The van der Waals surface area contributed by atoms with Gasteiger partial charge in [-0.15, -0.1) is 0 Å². The van der Waals surface area contributed by atoms with E-state index < -0.39 is 0 Å². The first kappa shape index (κ1) is 12.3. The van der Waals surface area contributed by atoms with Crippen molar-refractivity contribution in [1.29, 1.82) is 0 Å². The van der Waals surface area contributed by atoms with Crippen LogP contribution in [0.15, 0.2) is 78.9 Å². The van der Waals surface area contributed by atoms with Gasteiger partial charge in [0, 0.05) is 24.0 Å². The molecule has 0 N–H and O–H groups in total. The van der Waals surface area contributed by atoms with Gasteiger partial charge in [0.25, 0.3) is 0 Å². The van der Waals surface area contributed by atoms with Gasteiger partial charge in [0.05, 0.1) is 22.6 Å². The van der Waals surface area contributed by atoms with Crippen molar-refractivity contribution in [3.63, 3.8) is 0 Å². The molecule has 0 nitrogen and oxygen atoms in total. The first-order valence-electron chi connectivity index (χ1n) is 7.52. The summed E-state index contributed by atoms with van der Waals surface area (Å²) in [5.41, 5.74) is 6.97. The third-order valence-corrected chi connectivity index (χ3v) is 4.30. The molecule has 4 rings (SSSR count). The molecule has 0 bridgehead atoms. The van der Waals surface area contributed by atoms with Gasteiger partial charge in [0.1, 0.15) is 0 Å². The first-order chi connectivity index (χ1) is 10.4. The highest BCUT2D eigenvalue weighted by Crippen LogP contribution is 2.37. The molecule has 3 aromatic rings. The predicted molar refractivity (Wildman–Crippen MR) is 87.3 cm³/mol. The Hall–Kier alpha value is -2.47. The predicted octanol–water partition coefficient (Wildman–Crippen LogP) is 4.80. The second-order valence-corrected chi connectivity index (χ2v) is 5.56. The average molecular weight is 269 g/mol. The van der Waals surface area contributed by atoms with Crippen molar-refractivity contribution in [3.05, 3.63) is 113 Å². The molecule has 0 atom stereocenters. The molecule has 0 aromatic heterocycles. The van der Waals surface area contributed by atoms with E-state index in [9.17, 15) is 0 Å². The van der Waals surface area contributed by atoms with E-state index in [1.807, 2.05) is 0 Å². The lowest BCUT2D eigenvalue weighted by Crippen LogP contribution is -2.06. The molecule has 0 amide bonds. The van der Waals surface area contributed by atoms with Crippen LogP contribution in [0.3, 0.4) is 0 Å². The van der Waals surface area contributed by atoms with Crippen LogP contribution in [-0.4, -0.2) is 0 Å². The second-order valence-electron chi connectivity index (χ2n) is 5.56. The van der Waals surface area contributed by atoms with Crippen LogP contribution in [0.5, 0.6) is 0 Å². The van der Waals surface area contributed by atoms with Crippen LogP contribution < -0.4 is 0 Å². The van der Waals surface area contributed by atoms with Crippen LogP contribution in [0.25, 0.3) is 0 Å². The normalized spacial score (nSPS) is 13.2. The molecule has 0 radical (unpaired) electrons. The summed E-state index contributed by atoms with van der Waals surface area (Å²) in [4.78, 5) is 0. The summed E-state index contributed by atoms with van der Waals surface area (Å²) < 4.78 is 0. The third kappa shape index (κ3) is 2.13. The van der Waals surface area contributed by atoms with Crippen LogP contribution in [0.4, 0.5) is 0 Å². The number of rotatable bonds is 1. The fourth-order valence-electron chi connectivity index (χ4n) is 3.29. The van der Waals surface area contributed by atoms with Gasteiger partial charge in [-0.2, -0.15) is 0 Å². The van der Waals surface area contributed by atoms with E-state index in [2.05, 4.69) is 78.9 Å². The van der Waals surface area contributed by atoms with Crippen LogP contribution >= 0.6 is 0 Å². The van der Waals surface area contributed by atoms with Crippen molar-refractivity contribution in [2.45, 2.75) is 12.8 Å². The lowest BCUT2D eigenvalue weighted by molar-refractivity contribution is 0.965. The lowest BCUT2D eigenvalue weighted by atomic mass is 9.83. The molecule has 100 valence electrons. The van der Waals surface area contributed by atoms with Crippen LogP contribution in [0, 0.1) is 5.92 Å². The number of hydrogen-bond acceptors (Lipinski definition) is 0. The third-order valence-electron chi connectivity index (χ3n) is 4.30. The molecule has 0 heterocycles. The largest absolute Gasteiger partial charge is 0.0637 e. The standard InChI is InChI=1S/C21H17/c1-2-10-18(11-3-1)21-19-12-6-4-8-16(19)14-15-17-9-5-7-13-20(17)21/h1-13H,14-15H2/q+1. The number of fused-ring (bicyclic) bond motifs is 2. The molecule has 1 aliphatic rings. The van der Waals surface area contributed by atoms with Crippen molar-refractivity contribution >= 4 is 0 Å². The Kier molecular flexibility index (Phi) is 3.01. The van der Waals surface area contributed by atoms with Crippen molar-refractivity contribution in [2.75, 3.05) is 0 Å². The molecule has 0 aliphatic heterocycles. The molecule has 3 aromatic carbocycles. The highest BCUT2D eigenvalue weighted by Gasteiger charge is 2.29. The molecule has 0 unspecified atom stereocenters. The van der Waals surface area contributed by atoms with Gasteiger partial charge < -0.3 is 0 Å². The first-order valence-corrected chi connectivity index (χ1v) is 7.52. The summed E-state index contributed by atoms with van der Waals surface area (Å²) in [5.74, 6) is 1.37. The maximum atomic E-state index is 2.27. The van der Waals surface area contributed by atoms with Crippen molar-refractivity contribution in [1.82, 2.24) is 0 Å². The zero-order valence-electron chi connectivity index (χ0n) is 11.9. The van der Waals surface area contributed by atoms with E-state index in [1.54, 1.807) is 0 Å². The number of hydrogen-bond donors (Lipinski definition) is 0. The minimum Gasteiger partial charge on any atom is -0.0511 e. The van der Waals surface area contributed by atoms with E-state index >= 15 is 0 Å². The second kappa shape index (κ2) is 5.14. The summed E-state index contributed by atoms with van der Waals surface area (Å²) in [5, 5.41) is 0. The Bertz CT molecular complexity index is 708. The maximum Gasteiger partial charge on any atom is 0.0637 e. The molecule has 0 heteroatoms. The van der Waals surface area contributed by atoms with Crippen LogP contribution in [-0.2, 0) is 12.8 Å². The Morgan fingerprint density at radius 1 is 0.524 bits per heavy atom. The van der Waals surface area contributed by atoms with Gasteiger partial charge >= 0.3 is 0 Å². The fraction of sp³-hybridized carbons (Fsp3) is 0.0952. The molecule has 1 aliphatic carbocycles. The van der Waals surface area contributed by atoms with Crippen molar-refractivity contribution in [3.8, 4) is 0 Å². The summed E-state index contributed by atoms with van der Waals surface area (Å²) in [6, 6.07) is 28.4. The Labute approximate surface area is 126 Å². The molecule has 0 saturated heterocycles. The van der Waals surface area contributed by atoms with E-state index in [-0.39, 0.29) is 0 Å². The molecule has 0 spiro atoms. The molecule has 0 saturated carbocycles. The van der Waals surface area contributed by atoms with Gasteiger partial charge in [-0.1, -0.05) is 18.2 Å². The quantitative estimate of drug-likeness (QED) is 0.556. The monoisotopic (exact) mass is 269 g/mol. The average Bonchev–Trinajstić information content (AvgIpc) is 2.72. The summed E-state index contributed by atoms with van der Waals surface area (Å²) in [6.07, 6.45) is 2.23. The topological polar surface area (TPSA) is 0 Å². The van der Waals surface area contributed by atoms with Crippen LogP contribution in [0.1, 0.15) is 27.8 Å². The Balaban J connectivity index is 1.99. The van der Waals surface area contributed by atoms with Gasteiger partial charge in [0.2, 0.25) is 0 Å². The minimum atomic E-state index is 1.11. The highest BCUT2D eigenvalue weighted by atomic mass is 14.3. The summed E-state index contributed by atoms with van der Waals surface area (Å²) in [7, 11) is 0. The van der Waals surface area contributed by atoms with Gasteiger partial charge in [-0.05, 0) is 60.7 Å². The molecular formula is C21H17+. The van der Waals surface area contributed by atoms with Gasteiger partial charge in [0.15, 0.2) is 0 Å². The van der Waals surface area contributed by atoms with E-state index in [0.717, 1.165) is 12.8 Å². The maximum absolute atomic E-state index is 2.27. The molecular weight excluding hydrogens is 252 g/mol. The fourth-order valence-corrected chi connectivity index (χ4v) is 3.29. The van der Waals surface area contributed by atoms with E-state index in [4.69, 9.17) is 0 Å². The molecule has 0 fully saturated rings. The van der Waals surface area contributed by atoms with E-state index in [0.29, 0.717) is 0 Å². The lowest BCUT2D eigenvalue weighted by Gasteiger charge is -2.15. The minimum absolute atomic E-state index is 1.11. The number of benzene rings is 3. The summed E-state index contributed by atoms with van der Waals surface area (Å²) >= 11 is 0. The van der Waals surface area contributed by atoms with Crippen molar-refractivity contribution < 1.29 is 0 Å². The smallest absolute Gasteiger partial charge is 0.0511 e. The Morgan fingerprint density at radius 3 is 1.57 bits per heavy atom. The zero-order valence-corrected chi connectivity index (χ0v) is 11.9. The van der Waals surface area contributed by atoms with E-state index in [1.165, 1.54) is 33.7 Å². The summed E-state index contributed by atoms with van der Waals surface area (Å²) in [6.45, 7) is 0. The van der Waals surface area contributed by atoms with Gasteiger partial charge in [-0.25, -0.2) is 0 Å². The SMILES string of the molecule is c1ccc([C+]2c3ccccc3CCc3ccccc32)cc1. The zero-order chi connectivity index (χ0) is 14.1.